The molecule has 0 aliphatic rings. The number of hydrogen-bond acceptors (Lipinski definition) is 3. The SMILES string of the molecule is CCCCCCCCNc1nccc(C)c1N. The summed E-state index contributed by atoms with van der Waals surface area (Å²) in [6.45, 7) is 5.22. The minimum Gasteiger partial charge on any atom is -0.396 e. The van der Waals surface area contributed by atoms with Crippen LogP contribution < -0.4 is 11.1 Å². The minimum absolute atomic E-state index is 0.776. The molecule has 0 saturated carbocycles. The summed E-state index contributed by atoms with van der Waals surface area (Å²) in [6.07, 6.45) is 9.65. The Balaban J connectivity index is 2.16. The summed E-state index contributed by atoms with van der Waals surface area (Å²) in [7, 11) is 0. The van der Waals surface area contributed by atoms with Gasteiger partial charge in [-0.2, -0.15) is 0 Å². The highest BCUT2D eigenvalue weighted by molar-refractivity contribution is 5.64. The third-order valence-electron chi connectivity index (χ3n) is 3.03. The molecule has 0 saturated heterocycles. The van der Waals surface area contributed by atoms with Gasteiger partial charge in [0.05, 0.1) is 5.69 Å². The Morgan fingerprint density at radius 2 is 1.88 bits per heavy atom. The van der Waals surface area contributed by atoms with E-state index < -0.39 is 0 Å². The van der Waals surface area contributed by atoms with Crippen molar-refractivity contribution < 1.29 is 0 Å². The monoisotopic (exact) mass is 235 g/mol. The lowest BCUT2D eigenvalue weighted by Crippen LogP contribution is -2.07. The number of unbranched alkanes of at least 4 members (excludes halogenated alkanes) is 5. The van der Waals surface area contributed by atoms with E-state index in [1.807, 2.05) is 13.0 Å². The average Bonchev–Trinajstić information content (AvgIpc) is 2.33. The maximum Gasteiger partial charge on any atom is 0.149 e. The molecule has 0 amide bonds. The molecule has 3 N–H and O–H groups in total. The molecule has 96 valence electrons. The Labute approximate surface area is 105 Å². The van der Waals surface area contributed by atoms with Gasteiger partial charge in [-0.3, -0.25) is 0 Å². The largest absolute Gasteiger partial charge is 0.396 e. The first-order chi connectivity index (χ1) is 8.25. The van der Waals surface area contributed by atoms with Gasteiger partial charge in [0.1, 0.15) is 5.82 Å². The lowest BCUT2D eigenvalue weighted by atomic mass is 10.1. The predicted octanol–water partition coefficient (Wildman–Crippen LogP) is 3.74. The number of anilines is 2. The molecular weight excluding hydrogens is 210 g/mol. The number of nitrogens with zero attached hydrogens (tertiary/aromatic N) is 1. The zero-order valence-corrected chi connectivity index (χ0v) is 11.1. The molecule has 3 nitrogen and oxygen atoms in total. The quantitative estimate of drug-likeness (QED) is 0.675. The normalized spacial score (nSPS) is 10.5. The van der Waals surface area contributed by atoms with Crippen LogP contribution in [0, 0.1) is 6.92 Å². The summed E-state index contributed by atoms with van der Waals surface area (Å²) in [6, 6.07) is 1.94. The van der Waals surface area contributed by atoms with Gasteiger partial charge < -0.3 is 11.1 Å². The average molecular weight is 235 g/mol. The molecule has 1 aromatic rings. The maximum atomic E-state index is 5.94. The summed E-state index contributed by atoms with van der Waals surface area (Å²) in [4.78, 5) is 4.25. The van der Waals surface area contributed by atoms with Crippen molar-refractivity contribution in [2.45, 2.75) is 52.4 Å². The van der Waals surface area contributed by atoms with Crippen molar-refractivity contribution in [3.63, 3.8) is 0 Å². The van der Waals surface area contributed by atoms with E-state index in [2.05, 4.69) is 17.2 Å². The highest BCUT2D eigenvalue weighted by Crippen LogP contribution is 2.18. The summed E-state index contributed by atoms with van der Waals surface area (Å²) >= 11 is 0. The second kappa shape index (κ2) is 7.93. The number of nitrogens with two attached hydrogens (primary N) is 1. The summed E-state index contributed by atoms with van der Waals surface area (Å²) in [5, 5.41) is 3.31. The third-order valence-corrected chi connectivity index (χ3v) is 3.03. The van der Waals surface area contributed by atoms with E-state index in [-0.39, 0.29) is 0 Å². The number of nitrogen functional groups attached to an aromatic ring is 1. The molecule has 0 fully saturated rings. The highest BCUT2D eigenvalue weighted by atomic mass is 15.0. The van der Waals surface area contributed by atoms with Crippen molar-refractivity contribution in [2.24, 2.45) is 0 Å². The summed E-state index contributed by atoms with van der Waals surface area (Å²) in [5.74, 6) is 0.832. The van der Waals surface area contributed by atoms with Gasteiger partial charge in [0.25, 0.3) is 0 Å². The van der Waals surface area contributed by atoms with Crippen LogP contribution in [0.1, 0.15) is 51.0 Å². The fourth-order valence-electron chi connectivity index (χ4n) is 1.82. The molecule has 17 heavy (non-hydrogen) atoms. The van der Waals surface area contributed by atoms with Crippen LogP contribution in [0.2, 0.25) is 0 Å². The van der Waals surface area contributed by atoms with Crippen LogP contribution >= 0.6 is 0 Å². The first-order valence-electron chi connectivity index (χ1n) is 6.70. The van der Waals surface area contributed by atoms with Gasteiger partial charge in [0, 0.05) is 12.7 Å². The first-order valence-corrected chi connectivity index (χ1v) is 6.70. The summed E-state index contributed by atoms with van der Waals surface area (Å²) < 4.78 is 0. The maximum absolute atomic E-state index is 5.94. The van der Waals surface area contributed by atoms with Crippen molar-refractivity contribution >= 4 is 11.5 Å². The second-order valence-corrected chi connectivity index (χ2v) is 4.58. The zero-order valence-electron chi connectivity index (χ0n) is 11.1. The van der Waals surface area contributed by atoms with Crippen LogP contribution in [0.3, 0.4) is 0 Å². The molecular formula is C14H25N3. The molecule has 1 rings (SSSR count). The Morgan fingerprint density at radius 1 is 1.18 bits per heavy atom. The molecule has 0 radical (unpaired) electrons. The Kier molecular flexibility index (Phi) is 6.45. The fourth-order valence-corrected chi connectivity index (χ4v) is 1.82. The summed E-state index contributed by atoms with van der Waals surface area (Å²) in [5.41, 5.74) is 7.80. The molecule has 0 atom stereocenters. The topological polar surface area (TPSA) is 50.9 Å². The lowest BCUT2D eigenvalue weighted by Gasteiger charge is -2.09. The molecule has 0 aliphatic heterocycles. The van der Waals surface area contributed by atoms with E-state index in [0.717, 1.165) is 23.6 Å². The van der Waals surface area contributed by atoms with E-state index in [1.54, 1.807) is 6.20 Å². The molecule has 0 unspecified atom stereocenters. The molecule has 0 aliphatic carbocycles. The van der Waals surface area contributed by atoms with Gasteiger partial charge in [-0.15, -0.1) is 0 Å². The van der Waals surface area contributed by atoms with Crippen LogP contribution in [0.4, 0.5) is 11.5 Å². The Hall–Kier alpha value is -1.25. The van der Waals surface area contributed by atoms with E-state index in [9.17, 15) is 0 Å². The molecule has 0 aromatic carbocycles. The van der Waals surface area contributed by atoms with Crippen molar-refractivity contribution in [1.29, 1.82) is 0 Å². The molecule has 1 aromatic heterocycles. The molecule has 1 heterocycles. The van der Waals surface area contributed by atoms with Gasteiger partial charge >= 0.3 is 0 Å². The van der Waals surface area contributed by atoms with E-state index in [4.69, 9.17) is 5.73 Å². The molecule has 0 bridgehead atoms. The third kappa shape index (κ3) is 5.07. The first kappa shape index (κ1) is 13.8. The predicted molar refractivity (Wildman–Crippen MR) is 75.3 cm³/mol. The lowest BCUT2D eigenvalue weighted by molar-refractivity contribution is 0.617. The van der Waals surface area contributed by atoms with Gasteiger partial charge in [-0.25, -0.2) is 4.98 Å². The van der Waals surface area contributed by atoms with Crippen LogP contribution in [-0.2, 0) is 0 Å². The number of hydrogen-bond donors (Lipinski definition) is 2. The van der Waals surface area contributed by atoms with Crippen LogP contribution in [-0.4, -0.2) is 11.5 Å². The van der Waals surface area contributed by atoms with E-state index in [1.165, 1.54) is 38.5 Å². The van der Waals surface area contributed by atoms with Gasteiger partial charge in [-0.05, 0) is 25.0 Å². The van der Waals surface area contributed by atoms with Crippen molar-refractivity contribution in [2.75, 3.05) is 17.6 Å². The minimum atomic E-state index is 0.776. The molecule has 3 heteroatoms. The standard InChI is InChI=1S/C14H25N3/c1-3-4-5-6-7-8-10-16-14-13(15)12(2)9-11-17-14/h9,11H,3-8,10,15H2,1-2H3,(H,16,17). The van der Waals surface area contributed by atoms with E-state index >= 15 is 0 Å². The Bertz CT molecular complexity index is 323. The molecule has 0 spiro atoms. The van der Waals surface area contributed by atoms with Crippen molar-refractivity contribution in [3.8, 4) is 0 Å². The van der Waals surface area contributed by atoms with Gasteiger partial charge in [-0.1, -0.05) is 39.0 Å². The Morgan fingerprint density at radius 3 is 2.65 bits per heavy atom. The fraction of sp³-hybridized carbons (Fsp3) is 0.643. The zero-order chi connectivity index (χ0) is 12.5. The number of aryl methyl sites for hydroxylation is 1. The van der Waals surface area contributed by atoms with Gasteiger partial charge in [0.2, 0.25) is 0 Å². The smallest absolute Gasteiger partial charge is 0.149 e. The number of rotatable bonds is 8. The van der Waals surface area contributed by atoms with Crippen molar-refractivity contribution in [1.82, 2.24) is 4.98 Å². The van der Waals surface area contributed by atoms with Crippen LogP contribution in [0.25, 0.3) is 0 Å². The number of pyridine rings is 1. The van der Waals surface area contributed by atoms with Gasteiger partial charge in [0.15, 0.2) is 0 Å². The number of nitrogens with one attached hydrogen (secondary N) is 1. The van der Waals surface area contributed by atoms with Crippen molar-refractivity contribution in [3.05, 3.63) is 17.8 Å². The second-order valence-electron chi connectivity index (χ2n) is 4.58. The number of aromatic nitrogens is 1. The van der Waals surface area contributed by atoms with E-state index in [0.29, 0.717) is 0 Å². The highest BCUT2D eigenvalue weighted by Gasteiger charge is 2.01. The van der Waals surface area contributed by atoms with Crippen LogP contribution in [0.5, 0.6) is 0 Å². The van der Waals surface area contributed by atoms with Crippen LogP contribution in [0.15, 0.2) is 12.3 Å².